The van der Waals surface area contributed by atoms with Gasteiger partial charge in [-0.25, -0.2) is 0 Å². The number of halogens is 2. The summed E-state index contributed by atoms with van der Waals surface area (Å²) in [6, 6.07) is 3.68. The average molecular weight is 450 g/mol. The Morgan fingerprint density at radius 2 is 1.88 bits per heavy atom. The molecule has 2 heterocycles. The lowest BCUT2D eigenvalue weighted by Gasteiger charge is -2.27. The van der Waals surface area contributed by atoms with Crippen LogP contribution in [0.3, 0.4) is 0 Å². The second-order valence-electron chi connectivity index (χ2n) is 7.62. The molecule has 3 N–H and O–H groups in total. The van der Waals surface area contributed by atoms with Gasteiger partial charge in [0.25, 0.3) is 17.7 Å². The fourth-order valence-electron chi connectivity index (χ4n) is 3.63. The van der Waals surface area contributed by atoms with Crippen molar-refractivity contribution in [1.29, 1.82) is 0 Å². The number of nitrogens with one attached hydrogen (secondary N) is 3. The van der Waals surface area contributed by atoms with Crippen LogP contribution in [0.2, 0.25) is 0 Å². The predicted molar refractivity (Wildman–Crippen MR) is 109 cm³/mol. The van der Waals surface area contributed by atoms with Crippen molar-refractivity contribution in [3.05, 3.63) is 29.3 Å². The van der Waals surface area contributed by atoms with Gasteiger partial charge in [0.1, 0.15) is 6.04 Å². The van der Waals surface area contributed by atoms with E-state index in [1.165, 1.54) is 13.0 Å². The number of alkyl halides is 2. The number of nitrogens with zero attached hydrogens (tertiary/aromatic N) is 1. The molecule has 0 aliphatic carbocycles. The molecule has 1 unspecified atom stereocenters. The zero-order valence-electron chi connectivity index (χ0n) is 17.5. The Kier molecular flexibility index (Phi) is 6.85. The highest BCUT2D eigenvalue weighted by Gasteiger charge is 2.45. The van der Waals surface area contributed by atoms with Crippen molar-refractivity contribution in [1.82, 2.24) is 15.5 Å². The Morgan fingerprint density at radius 3 is 2.56 bits per heavy atom. The quantitative estimate of drug-likeness (QED) is 0.386. The number of hydrogen-bond donors (Lipinski definition) is 3. The molecule has 11 heteroatoms. The standard InChI is InChI=1S/C21H24F2N4O5/c1-2-21(22,23)20(32)25-11-4-3-10-24-13-7-5-6-12-16(13)19(31)27(18(12)30)14-8-9-15(28)26-17(14)29/h5-7,14,24H,2-4,8-11H2,1H3,(H,25,32)(H,26,28,29). The van der Waals surface area contributed by atoms with Gasteiger partial charge in [0.05, 0.1) is 11.1 Å². The van der Waals surface area contributed by atoms with E-state index in [4.69, 9.17) is 0 Å². The number of amides is 5. The molecule has 1 aromatic carbocycles. The van der Waals surface area contributed by atoms with Gasteiger partial charge in [-0.2, -0.15) is 8.78 Å². The first-order chi connectivity index (χ1) is 15.2. The van der Waals surface area contributed by atoms with Gasteiger partial charge in [-0.05, 0) is 31.4 Å². The Balaban J connectivity index is 1.58. The summed E-state index contributed by atoms with van der Waals surface area (Å²) >= 11 is 0. The minimum atomic E-state index is -3.38. The number of anilines is 1. The van der Waals surface area contributed by atoms with E-state index in [0.29, 0.717) is 25.1 Å². The third-order valence-corrected chi connectivity index (χ3v) is 5.45. The fourth-order valence-corrected chi connectivity index (χ4v) is 3.63. The lowest BCUT2D eigenvalue weighted by Crippen LogP contribution is -2.54. The third-order valence-electron chi connectivity index (χ3n) is 5.45. The van der Waals surface area contributed by atoms with Gasteiger partial charge in [0, 0.05) is 31.6 Å². The predicted octanol–water partition coefficient (Wildman–Crippen LogP) is 1.44. The van der Waals surface area contributed by atoms with Gasteiger partial charge in [-0.15, -0.1) is 0 Å². The topological polar surface area (TPSA) is 125 Å². The molecule has 172 valence electrons. The van der Waals surface area contributed by atoms with E-state index in [9.17, 15) is 32.8 Å². The molecular formula is C21H24F2N4O5. The van der Waals surface area contributed by atoms with E-state index in [-0.39, 0.29) is 30.5 Å². The first kappa shape index (κ1) is 23.3. The lowest BCUT2D eigenvalue weighted by molar-refractivity contribution is -0.145. The summed E-state index contributed by atoms with van der Waals surface area (Å²) in [6.45, 7) is 1.69. The second-order valence-corrected chi connectivity index (χ2v) is 7.62. The van der Waals surface area contributed by atoms with Crippen LogP contribution < -0.4 is 16.0 Å². The number of benzene rings is 1. The molecule has 1 atom stereocenters. The van der Waals surface area contributed by atoms with Crippen LogP contribution in [0.5, 0.6) is 0 Å². The third kappa shape index (κ3) is 4.61. The molecule has 2 aliphatic heterocycles. The molecule has 2 aliphatic rings. The van der Waals surface area contributed by atoms with Crippen LogP contribution in [0.4, 0.5) is 14.5 Å². The summed E-state index contributed by atoms with van der Waals surface area (Å²) in [7, 11) is 0. The van der Waals surface area contributed by atoms with Crippen LogP contribution in [0.15, 0.2) is 18.2 Å². The second kappa shape index (κ2) is 9.41. The summed E-state index contributed by atoms with van der Waals surface area (Å²) in [5.41, 5.74) is 0.731. The maximum atomic E-state index is 13.2. The highest BCUT2D eigenvalue weighted by atomic mass is 19.3. The Labute approximate surface area is 182 Å². The summed E-state index contributed by atoms with van der Waals surface area (Å²) in [6.07, 6.45) is 0.489. The van der Waals surface area contributed by atoms with E-state index in [0.717, 1.165) is 4.90 Å². The molecule has 1 saturated heterocycles. The molecule has 1 aromatic rings. The maximum absolute atomic E-state index is 13.2. The van der Waals surface area contributed by atoms with Gasteiger partial charge in [-0.3, -0.25) is 34.2 Å². The van der Waals surface area contributed by atoms with Crippen LogP contribution in [0.25, 0.3) is 0 Å². The van der Waals surface area contributed by atoms with Crippen LogP contribution in [0, 0.1) is 0 Å². The largest absolute Gasteiger partial charge is 0.384 e. The number of fused-ring (bicyclic) bond motifs is 1. The van der Waals surface area contributed by atoms with Crippen LogP contribution >= 0.6 is 0 Å². The van der Waals surface area contributed by atoms with Crippen molar-refractivity contribution in [2.24, 2.45) is 0 Å². The number of carbonyl (C=O) groups excluding carboxylic acids is 5. The van der Waals surface area contributed by atoms with E-state index < -0.39 is 47.9 Å². The fraction of sp³-hybridized carbons (Fsp3) is 0.476. The molecule has 0 bridgehead atoms. The molecule has 5 amide bonds. The normalized spacial score (nSPS) is 18.5. The van der Waals surface area contributed by atoms with Gasteiger partial charge in [-0.1, -0.05) is 13.0 Å². The molecule has 0 spiro atoms. The number of piperidine rings is 1. The monoisotopic (exact) mass is 450 g/mol. The first-order valence-corrected chi connectivity index (χ1v) is 10.4. The summed E-state index contributed by atoms with van der Waals surface area (Å²) < 4.78 is 26.4. The van der Waals surface area contributed by atoms with Crippen molar-refractivity contribution in [2.75, 3.05) is 18.4 Å². The highest BCUT2D eigenvalue weighted by molar-refractivity contribution is 6.25. The molecule has 0 radical (unpaired) electrons. The van der Waals surface area contributed by atoms with Crippen molar-refractivity contribution in [3.63, 3.8) is 0 Å². The molecular weight excluding hydrogens is 426 g/mol. The van der Waals surface area contributed by atoms with E-state index in [1.807, 2.05) is 0 Å². The molecule has 0 saturated carbocycles. The molecule has 1 fully saturated rings. The van der Waals surface area contributed by atoms with Crippen molar-refractivity contribution in [3.8, 4) is 0 Å². The van der Waals surface area contributed by atoms with E-state index in [2.05, 4.69) is 16.0 Å². The van der Waals surface area contributed by atoms with Crippen molar-refractivity contribution >= 4 is 35.2 Å². The number of imide groups is 2. The smallest absolute Gasteiger partial charge is 0.324 e. The first-order valence-electron chi connectivity index (χ1n) is 10.4. The molecule has 0 aromatic heterocycles. The van der Waals surface area contributed by atoms with Gasteiger partial charge < -0.3 is 10.6 Å². The zero-order chi connectivity index (χ0) is 23.5. The summed E-state index contributed by atoms with van der Waals surface area (Å²) in [4.78, 5) is 61.5. The number of unbranched alkanes of at least 4 members (excludes halogenated alkanes) is 1. The maximum Gasteiger partial charge on any atom is 0.324 e. The van der Waals surface area contributed by atoms with E-state index >= 15 is 0 Å². The van der Waals surface area contributed by atoms with E-state index in [1.54, 1.807) is 12.1 Å². The molecule has 9 nitrogen and oxygen atoms in total. The minimum absolute atomic E-state index is 0.0373. The Morgan fingerprint density at radius 1 is 1.16 bits per heavy atom. The van der Waals surface area contributed by atoms with Gasteiger partial charge in [0.15, 0.2) is 0 Å². The number of carbonyl (C=O) groups is 5. The van der Waals surface area contributed by atoms with Crippen molar-refractivity contribution in [2.45, 2.75) is 51.0 Å². The number of rotatable bonds is 9. The summed E-state index contributed by atoms with van der Waals surface area (Å²) in [5, 5.41) is 7.39. The molecule has 32 heavy (non-hydrogen) atoms. The van der Waals surface area contributed by atoms with Crippen LogP contribution in [-0.4, -0.2) is 59.5 Å². The SMILES string of the molecule is CCC(F)(F)C(=O)NCCCCNc1cccc2c1C(=O)N(C1CCC(=O)NC1=O)C2=O. The number of hydrogen-bond acceptors (Lipinski definition) is 6. The van der Waals surface area contributed by atoms with Crippen molar-refractivity contribution < 1.29 is 32.8 Å². The van der Waals surface area contributed by atoms with Gasteiger partial charge >= 0.3 is 5.92 Å². The molecule has 3 rings (SSSR count). The minimum Gasteiger partial charge on any atom is -0.384 e. The summed E-state index contributed by atoms with van der Waals surface area (Å²) in [5.74, 6) is -7.02. The zero-order valence-corrected chi connectivity index (χ0v) is 17.5. The Hall–Kier alpha value is -3.37. The van der Waals surface area contributed by atoms with Crippen LogP contribution in [-0.2, 0) is 14.4 Å². The highest BCUT2D eigenvalue weighted by Crippen LogP contribution is 2.32. The average Bonchev–Trinajstić information content (AvgIpc) is 3.01. The Bertz CT molecular complexity index is 966. The van der Waals surface area contributed by atoms with Gasteiger partial charge in [0.2, 0.25) is 11.8 Å². The van der Waals surface area contributed by atoms with Crippen LogP contribution in [0.1, 0.15) is 59.7 Å². The lowest BCUT2D eigenvalue weighted by atomic mass is 10.0.